The molecule has 132 valence electrons. The number of imidazole rings is 1. The Bertz CT molecular complexity index is 941. The molecule has 0 radical (unpaired) electrons. The Balaban J connectivity index is 1.85. The third-order valence-electron chi connectivity index (χ3n) is 3.98. The molecule has 0 aliphatic rings. The Morgan fingerprint density at radius 2 is 1.96 bits per heavy atom. The van der Waals surface area contributed by atoms with Crippen molar-refractivity contribution in [3.05, 3.63) is 41.7 Å². The number of nitrogens with one attached hydrogen (secondary N) is 1. The van der Waals surface area contributed by atoms with E-state index in [1.807, 2.05) is 24.3 Å². The molecule has 0 unspecified atom stereocenters. The van der Waals surface area contributed by atoms with E-state index in [2.05, 4.69) is 15.4 Å². The maximum absolute atomic E-state index is 12.8. The number of halogens is 3. The van der Waals surface area contributed by atoms with Gasteiger partial charge >= 0.3 is 6.18 Å². The summed E-state index contributed by atoms with van der Waals surface area (Å²) in [6.07, 6.45) is -4.55. The van der Waals surface area contributed by atoms with Crippen LogP contribution >= 0.6 is 0 Å². The second-order valence-corrected chi connectivity index (χ2v) is 5.76. The summed E-state index contributed by atoms with van der Waals surface area (Å²) in [7, 11) is 1.75. The Morgan fingerprint density at radius 3 is 2.56 bits per heavy atom. The van der Waals surface area contributed by atoms with E-state index in [1.54, 1.807) is 11.6 Å². The summed E-state index contributed by atoms with van der Waals surface area (Å²) in [5.41, 5.74) is 0.773. The quantitative estimate of drug-likeness (QED) is 0.787. The van der Waals surface area contributed by atoms with E-state index in [4.69, 9.17) is 0 Å². The highest BCUT2D eigenvalue weighted by Crippen LogP contribution is 2.29. The first-order valence-electron chi connectivity index (χ1n) is 7.54. The van der Waals surface area contributed by atoms with E-state index in [0.717, 1.165) is 16.3 Å². The number of anilines is 1. The molecule has 6 nitrogen and oxygen atoms in total. The van der Waals surface area contributed by atoms with Gasteiger partial charge in [-0.25, -0.2) is 4.98 Å². The van der Waals surface area contributed by atoms with Crippen LogP contribution in [0.5, 0.6) is 0 Å². The number of carbonyl (C=O) groups excluding carboxylic acids is 1. The van der Waals surface area contributed by atoms with E-state index < -0.39 is 23.8 Å². The van der Waals surface area contributed by atoms with Crippen LogP contribution in [0.15, 0.2) is 30.3 Å². The maximum atomic E-state index is 12.8. The number of benzene rings is 1. The Morgan fingerprint density at radius 1 is 1.28 bits per heavy atom. The first kappa shape index (κ1) is 17.0. The van der Waals surface area contributed by atoms with E-state index in [1.165, 1.54) is 13.8 Å². The van der Waals surface area contributed by atoms with Crippen molar-refractivity contribution in [3.63, 3.8) is 0 Å². The third kappa shape index (κ3) is 3.09. The monoisotopic (exact) mass is 351 g/mol. The minimum atomic E-state index is -4.55. The Hall–Kier alpha value is -2.84. The van der Waals surface area contributed by atoms with Crippen molar-refractivity contribution in [3.8, 4) is 0 Å². The topological polar surface area (TPSA) is 64.7 Å². The van der Waals surface area contributed by atoms with Gasteiger partial charge in [-0.15, -0.1) is 0 Å². The van der Waals surface area contributed by atoms with Crippen molar-refractivity contribution in [1.29, 1.82) is 0 Å². The summed E-state index contributed by atoms with van der Waals surface area (Å²) in [5.74, 6) is -0.183. The molecule has 1 amide bonds. The summed E-state index contributed by atoms with van der Waals surface area (Å²) < 4.78 is 41.1. The summed E-state index contributed by atoms with van der Waals surface area (Å²) in [6.45, 7) is 2.96. The predicted molar refractivity (Wildman–Crippen MR) is 86.0 cm³/mol. The lowest BCUT2D eigenvalue weighted by atomic mass is 10.3. The first-order chi connectivity index (χ1) is 11.7. The van der Waals surface area contributed by atoms with Crippen LogP contribution in [0.3, 0.4) is 0 Å². The molecule has 3 rings (SSSR count). The number of alkyl halides is 3. The molecule has 0 aliphatic carbocycles. The van der Waals surface area contributed by atoms with Crippen LogP contribution in [-0.2, 0) is 18.0 Å². The van der Waals surface area contributed by atoms with Gasteiger partial charge in [-0.1, -0.05) is 12.1 Å². The number of fused-ring (bicyclic) bond motifs is 1. The normalized spacial score (nSPS) is 13.2. The SMILES string of the molecule is Cc1cc(C(F)(F)F)nn1[C@H](C)C(=O)Nc1nc2ccccc2n1C. The standard InChI is InChI=1S/C16H16F3N5O/c1-9-8-13(16(17,18)19)22-24(9)10(2)14(25)21-15-20-11-6-4-5-7-12(11)23(15)3/h4-8,10H,1-3H3,(H,20,21,25)/t10-/m1/s1. The van der Waals surface area contributed by atoms with Gasteiger partial charge in [0.2, 0.25) is 5.95 Å². The van der Waals surface area contributed by atoms with Crippen molar-refractivity contribution in [1.82, 2.24) is 19.3 Å². The van der Waals surface area contributed by atoms with E-state index in [-0.39, 0.29) is 5.69 Å². The van der Waals surface area contributed by atoms with E-state index >= 15 is 0 Å². The number of hydrogen-bond acceptors (Lipinski definition) is 3. The van der Waals surface area contributed by atoms with Crippen LogP contribution in [0, 0.1) is 6.92 Å². The molecule has 1 N–H and O–H groups in total. The van der Waals surface area contributed by atoms with Crippen LogP contribution < -0.4 is 5.32 Å². The second kappa shape index (κ2) is 5.91. The van der Waals surface area contributed by atoms with Crippen LogP contribution in [0.2, 0.25) is 0 Å². The number of aryl methyl sites for hydroxylation is 2. The highest BCUT2D eigenvalue weighted by molar-refractivity contribution is 5.93. The Labute approximate surface area is 141 Å². The number of rotatable bonds is 3. The van der Waals surface area contributed by atoms with Crippen LogP contribution in [-0.4, -0.2) is 25.2 Å². The van der Waals surface area contributed by atoms with Gasteiger partial charge in [0.05, 0.1) is 11.0 Å². The zero-order valence-electron chi connectivity index (χ0n) is 13.8. The number of aromatic nitrogens is 4. The van der Waals surface area contributed by atoms with Gasteiger partial charge in [0.25, 0.3) is 5.91 Å². The highest BCUT2D eigenvalue weighted by atomic mass is 19.4. The van der Waals surface area contributed by atoms with Gasteiger partial charge in [0, 0.05) is 12.7 Å². The summed E-state index contributed by atoms with van der Waals surface area (Å²) in [4.78, 5) is 16.8. The van der Waals surface area contributed by atoms with Crippen molar-refractivity contribution < 1.29 is 18.0 Å². The number of nitrogens with zero attached hydrogens (tertiary/aromatic N) is 4. The molecular weight excluding hydrogens is 335 g/mol. The predicted octanol–water partition coefficient (Wildman–Crippen LogP) is 3.30. The molecule has 25 heavy (non-hydrogen) atoms. The van der Waals surface area contributed by atoms with Crippen LogP contribution in [0.4, 0.5) is 19.1 Å². The summed E-state index contributed by atoms with van der Waals surface area (Å²) in [5, 5.41) is 6.16. The molecule has 0 saturated heterocycles. The molecule has 0 spiro atoms. The fourth-order valence-corrected chi connectivity index (χ4v) is 2.60. The molecule has 0 bridgehead atoms. The molecule has 1 aromatic carbocycles. The lowest BCUT2D eigenvalue weighted by Crippen LogP contribution is -2.26. The van der Waals surface area contributed by atoms with E-state index in [9.17, 15) is 18.0 Å². The van der Waals surface area contributed by atoms with Gasteiger partial charge in [0.1, 0.15) is 6.04 Å². The third-order valence-corrected chi connectivity index (χ3v) is 3.98. The van der Waals surface area contributed by atoms with E-state index in [0.29, 0.717) is 11.5 Å². The van der Waals surface area contributed by atoms with Gasteiger partial charge in [-0.2, -0.15) is 18.3 Å². The van der Waals surface area contributed by atoms with Gasteiger partial charge < -0.3 is 4.57 Å². The average Bonchev–Trinajstić information content (AvgIpc) is 3.08. The molecule has 3 aromatic rings. The largest absolute Gasteiger partial charge is 0.435 e. The lowest BCUT2D eigenvalue weighted by molar-refractivity contribution is -0.141. The molecule has 9 heteroatoms. The van der Waals surface area contributed by atoms with Crippen LogP contribution in [0.25, 0.3) is 11.0 Å². The lowest BCUT2D eigenvalue weighted by Gasteiger charge is -2.14. The van der Waals surface area contributed by atoms with Gasteiger partial charge in [-0.3, -0.25) is 14.8 Å². The minimum Gasteiger partial charge on any atom is -0.313 e. The highest BCUT2D eigenvalue weighted by Gasteiger charge is 2.35. The fourth-order valence-electron chi connectivity index (χ4n) is 2.60. The van der Waals surface area contributed by atoms with Crippen molar-refractivity contribution in [2.75, 3.05) is 5.32 Å². The van der Waals surface area contributed by atoms with Gasteiger partial charge in [0.15, 0.2) is 5.69 Å². The molecule has 2 heterocycles. The second-order valence-electron chi connectivity index (χ2n) is 5.76. The zero-order valence-corrected chi connectivity index (χ0v) is 13.8. The minimum absolute atomic E-state index is 0.250. The maximum Gasteiger partial charge on any atom is 0.435 e. The molecule has 0 saturated carbocycles. The van der Waals surface area contributed by atoms with Crippen LogP contribution in [0.1, 0.15) is 24.4 Å². The summed E-state index contributed by atoms with van der Waals surface area (Å²) >= 11 is 0. The smallest absolute Gasteiger partial charge is 0.313 e. The number of carbonyl (C=O) groups is 1. The molecule has 2 aromatic heterocycles. The van der Waals surface area contributed by atoms with Crippen molar-refractivity contribution >= 4 is 22.9 Å². The summed E-state index contributed by atoms with van der Waals surface area (Å²) in [6, 6.07) is 7.34. The number of para-hydroxylation sites is 2. The molecular formula is C16H16F3N5O. The Kier molecular flexibility index (Phi) is 4.02. The molecule has 1 atom stereocenters. The molecule has 0 fully saturated rings. The zero-order chi connectivity index (χ0) is 18.4. The van der Waals surface area contributed by atoms with Crippen molar-refractivity contribution in [2.24, 2.45) is 7.05 Å². The van der Waals surface area contributed by atoms with Crippen molar-refractivity contribution in [2.45, 2.75) is 26.1 Å². The van der Waals surface area contributed by atoms with Gasteiger partial charge in [-0.05, 0) is 32.0 Å². The fraction of sp³-hybridized carbons (Fsp3) is 0.312. The first-order valence-corrected chi connectivity index (χ1v) is 7.54. The average molecular weight is 351 g/mol. The molecule has 0 aliphatic heterocycles. The number of hydrogen-bond donors (Lipinski definition) is 1. The number of amides is 1.